The van der Waals surface area contributed by atoms with Crippen molar-refractivity contribution in [2.24, 2.45) is 0 Å². The second-order valence-corrected chi connectivity index (χ2v) is 5.33. The predicted molar refractivity (Wildman–Crippen MR) is 70.1 cm³/mol. The number of hydrogen-bond acceptors (Lipinski definition) is 3. The van der Waals surface area contributed by atoms with Crippen LogP contribution < -0.4 is 5.32 Å². The molecule has 1 unspecified atom stereocenters. The summed E-state index contributed by atoms with van der Waals surface area (Å²) in [6.45, 7) is 0. The average molecular weight is 319 g/mol. The highest BCUT2D eigenvalue weighted by atomic mass is 79.9. The summed E-state index contributed by atoms with van der Waals surface area (Å²) in [6.07, 6.45) is 2.22. The van der Waals surface area contributed by atoms with E-state index in [2.05, 4.69) is 21.2 Å². The molecule has 17 heavy (non-hydrogen) atoms. The third-order valence-corrected chi connectivity index (χ3v) is 3.93. The zero-order valence-electron chi connectivity index (χ0n) is 9.37. The molecule has 3 nitrogen and oxygen atoms in total. The first-order valence-electron chi connectivity index (χ1n) is 5.40. The van der Waals surface area contributed by atoms with Gasteiger partial charge in [0.15, 0.2) is 0 Å². The van der Waals surface area contributed by atoms with Gasteiger partial charge in [-0.15, -0.1) is 0 Å². The number of rotatable bonds is 4. The van der Waals surface area contributed by atoms with Crippen LogP contribution in [-0.2, 0) is 9.53 Å². The van der Waals surface area contributed by atoms with E-state index < -0.39 is 6.04 Å². The Morgan fingerprint density at radius 2 is 2.29 bits per heavy atom. The molecule has 1 atom stereocenters. The number of hydrogen-bond donors (Lipinski definition) is 1. The van der Waals surface area contributed by atoms with Crippen molar-refractivity contribution in [3.8, 4) is 0 Å². The third kappa shape index (κ3) is 3.21. The molecule has 2 rings (SSSR count). The minimum atomic E-state index is -0.432. The summed E-state index contributed by atoms with van der Waals surface area (Å²) < 4.78 is 5.63. The Morgan fingerprint density at radius 3 is 2.82 bits per heavy atom. The van der Waals surface area contributed by atoms with Crippen molar-refractivity contribution in [2.45, 2.75) is 24.9 Å². The summed E-state index contributed by atoms with van der Waals surface area (Å²) in [5.74, 6) is -0.282. The number of esters is 1. The second-order valence-electron chi connectivity index (χ2n) is 4.07. The highest BCUT2D eigenvalue weighted by molar-refractivity contribution is 9.10. The van der Waals surface area contributed by atoms with Gasteiger partial charge in [-0.05, 0) is 46.5 Å². The summed E-state index contributed by atoms with van der Waals surface area (Å²) in [5, 5.41) is 3.85. The van der Waals surface area contributed by atoms with E-state index in [1.807, 2.05) is 12.1 Å². The first-order chi connectivity index (χ1) is 8.11. The van der Waals surface area contributed by atoms with Crippen LogP contribution in [0, 0.1) is 0 Å². The Kier molecular flexibility index (Phi) is 4.07. The minimum absolute atomic E-state index is 0.282. The number of nitrogens with one attached hydrogen (secondary N) is 1. The molecule has 0 saturated heterocycles. The van der Waals surface area contributed by atoms with Gasteiger partial charge in [0.25, 0.3) is 0 Å². The zero-order chi connectivity index (χ0) is 12.4. The van der Waals surface area contributed by atoms with Crippen LogP contribution in [0.3, 0.4) is 0 Å². The van der Waals surface area contributed by atoms with E-state index in [0.29, 0.717) is 11.1 Å². The van der Waals surface area contributed by atoms with E-state index in [1.54, 1.807) is 6.07 Å². The maximum absolute atomic E-state index is 11.7. The van der Waals surface area contributed by atoms with E-state index >= 15 is 0 Å². The van der Waals surface area contributed by atoms with Gasteiger partial charge in [-0.25, -0.2) is 4.79 Å². The van der Waals surface area contributed by atoms with Gasteiger partial charge < -0.3 is 4.74 Å². The number of halogens is 2. The molecule has 0 radical (unpaired) electrons. The molecule has 1 aromatic rings. The standard InChI is InChI=1S/C12H13BrClNO2/c1-17-12(16)11(15-8-3-4-8)7-2-5-9(13)10(14)6-7/h2,5-6,8,11,15H,3-4H2,1H3. The van der Waals surface area contributed by atoms with Gasteiger partial charge in [0, 0.05) is 10.5 Å². The SMILES string of the molecule is COC(=O)C(NC1CC1)c1ccc(Br)c(Cl)c1. The fourth-order valence-electron chi connectivity index (χ4n) is 1.60. The normalized spacial score (nSPS) is 16.6. The van der Waals surface area contributed by atoms with Crippen molar-refractivity contribution < 1.29 is 9.53 Å². The van der Waals surface area contributed by atoms with Crippen LogP contribution in [0.15, 0.2) is 22.7 Å². The third-order valence-electron chi connectivity index (χ3n) is 2.69. The van der Waals surface area contributed by atoms with E-state index in [4.69, 9.17) is 16.3 Å². The Balaban J connectivity index is 2.23. The molecule has 1 fully saturated rings. The molecule has 0 amide bonds. The topological polar surface area (TPSA) is 38.3 Å². The average Bonchev–Trinajstić information content (AvgIpc) is 3.13. The second kappa shape index (κ2) is 5.38. The number of ether oxygens (including phenoxy) is 1. The van der Waals surface area contributed by atoms with Crippen LogP contribution in [0.4, 0.5) is 0 Å². The quantitative estimate of drug-likeness (QED) is 0.867. The first-order valence-corrected chi connectivity index (χ1v) is 6.57. The monoisotopic (exact) mass is 317 g/mol. The Bertz CT molecular complexity index is 435. The van der Waals surface area contributed by atoms with Gasteiger partial charge >= 0.3 is 5.97 Å². The molecule has 1 N–H and O–H groups in total. The van der Waals surface area contributed by atoms with Crippen molar-refractivity contribution in [2.75, 3.05) is 7.11 Å². The largest absolute Gasteiger partial charge is 0.468 e. The summed E-state index contributed by atoms with van der Waals surface area (Å²) >= 11 is 9.36. The molecular weight excluding hydrogens is 305 g/mol. The van der Waals surface area contributed by atoms with Crippen LogP contribution in [0.2, 0.25) is 5.02 Å². The molecule has 5 heteroatoms. The zero-order valence-corrected chi connectivity index (χ0v) is 11.7. The fraction of sp³-hybridized carbons (Fsp3) is 0.417. The van der Waals surface area contributed by atoms with Crippen molar-refractivity contribution in [1.82, 2.24) is 5.32 Å². The van der Waals surface area contributed by atoms with E-state index in [9.17, 15) is 4.79 Å². The summed E-state index contributed by atoms with van der Waals surface area (Å²) in [4.78, 5) is 11.7. The molecule has 1 aliphatic rings. The summed E-state index contributed by atoms with van der Waals surface area (Å²) in [5.41, 5.74) is 0.831. The molecule has 0 spiro atoms. The lowest BCUT2D eigenvalue weighted by Crippen LogP contribution is -2.31. The predicted octanol–water partition coefficient (Wildman–Crippen LogP) is 3.07. The molecular formula is C12H13BrClNO2. The van der Waals surface area contributed by atoms with E-state index in [0.717, 1.165) is 22.9 Å². The van der Waals surface area contributed by atoms with Crippen molar-refractivity contribution in [1.29, 1.82) is 0 Å². The molecule has 0 aromatic heterocycles. The summed E-state index contributed by atoms with van der Waals surface area (Å²) in [6, 6.07) is 5.47. The lowest BCUT2D eigenvalue weighted by atomic mass is 10.1. The molecule has 1 aliphatic carbocycles. The molecule has 92 valence electrons. The number of benzene rings is 1. The van der Waals surface area contributed by atoms with Gasteiger partial charge in [-0.3, -0.25) is 5.32 Å². The van der Waals surface area contributed by atoms with Crippen LogP contribution in [0.1, 0.15) is 24.4 Å². The maximum Gasteiger partial charge on any atom is 0.327 e. The molecule has 1 saturated carbocycles. The lowest BCUT2D eigenvalue weighted by Gasteiger charge is -2.17. The molecule has 1 aromatic carbocycles. The van der Waals surface area contributed by atoms with Crippen LogP contribution in [0.5, 0.6) is 0 Å². The number of carbonyl (C=O) groups excluding carboxylic acids is 1. The first kappa shape index (κ1) is 12.9. The fourth-order valence-corrected chi connectivity index (χ4v) is 2.03. The molecule has 0 aliphatic heterocycles. The molecule has 0 heterocycles. The van der Waals surface area contributed by atoms with Gasteiger partial charge in [-0.1, -0.05) is 17.7 Å². The Labute approximate surface area is 114 Å². The Morgan fingerprint density at radius 1 is 1.59 bits per heavy atom. The highest BCUT2D eigenvalue weighted by Crippen LogP contribution is 2.29. The van der Waals surface area contributed by atoms with Crippen molar-refractivity contribution in [3.05, 3.63) is 33.3 Å². The van der Waals surface area contributed by atoms with Crippen molar-refractivity contribution >= 4 is 33.5 Å². The van der Waals surface area contributed by atoms with Gasteiger partial charge in [-0.2, -0.15) is 0 Å². The highest BCUT2D eigenvalue weighted by Gasteiger charge is 2.30. The minimum Gasteiger partial charge on any atom is -0.468 e. The number of methoxy groups -OCH3 is 1. The van der Waals surface area contributed by atoms with Gasteiger partial charge in [0.05, 0.1) is 12.1 Å². The van der Waals surface area contributed by atoms with Crippen LogP contribution in [-0.4, -0.2) is 19.1 Å². The number of carbonyl (C=O) groups is 1. The van der Waals surface area contributed by atoms with Gasteiger partial charge in [0.2, 0.25) is 0 Å². The van der Waals surface area contributed by atoms with Crippen molar-refractivity contribution in [3.63, 3.8) is 0 Å². The van der Waals surface area contributed by atoms with E-state index in [1.165, 1.54) is 7.11 Å². The smallest absolute Gasteiger partial charge is 0.327 e. The van der Waals surface area contributed by atoms with Crippen LogP contribution >= 0.6 is 27.5 Å². The van der Waals surface area contributed by atoms with Crippen LogP contribution in [0.25, 0.3) is 0 Å². The van der Waals surface area contributed by atoms with E-state index in [-0.39, 0.29) is 5.97 Å². The lowest BCUT2D eigenvalue weighted by molar-refractivity contribution is -0.143. The van der Waals surface area contributed by atoms with Gasteiger partial charge in [0.1, 0.15) is 6.04 Å². The molecule has 0 bridgehead atoms. The maximum atomic E-state index is 11.7. The summed E-state index contributed by atoms with van der Waals surface area (Å²) in [7, 11) is 1.39. The Hall–Kier alpha value is -0.580.